The molecule has 0 aromatic heterocycles. The van der Waals surface area contributed by atoms with Gasteiger partial charge in [0.05, 0.1) is 0 Å². The fraction of sp³-hybridized carbons (Fsp3) is 0.929. The van der Waals surface area contributed by atoms with Crippen molar-refractivity contribution in [3.8, 4) is 0 Å². The average Bonchev–Trinajstić information content (AvgIpc) is 2.56. The number of carbonyl (C=O) groups is 1. The van der Waals surface area contributed by atoms with E-state index in [2.05, 4.69) is 5.32 Å². The van der Waals surface area contributed by atoms with Gasteiger partial charge in [0.2, 0.25) is 0 Å². The van der Waals surface area contributed by atoms with Crippen molar-refractivity contribution in [2.24, 2.45) is 5.92 Å². The zero-order chi connectivity index (χ0) is 12.5. The molecule has 17 heavy (non-hydrogen) atoms. The van der Waals surface area contributed by atoms with Crippen molar-refractivity contribution in [3.63, 3.8) is 0 Å². The van der Waals surface area contributed by atoms with Crippen molar-refractivity contribution in [2.75, 3.05) is 6.54 Å². The second-order valence-corrected chi connectivity index (χ2v) is 5.28. The Kier molecular flexibility index (Phi) is 7.25. The molecule has 1 atom stereocenters. The van der Waals surface area contributed by atoms with Gasteiger partial charge in [-0.1, -0.05) is 51.9 Å². The Balaban J connectivity index is 2.17. The van der Waals surface area contributed by atoms with Crippen molar-refractivity contribution >= 4 is 5.97 Å². The molecule has 0 aliphatic heterocycles. The molecule has 0 amide bonds. The highest BCUT2D eigenvalue weighted by Gasteiger charge is 2.16. The molecule has 0 radical (unpaired) electrons. The van der Waals surface area contributed by atoms with Crippen LogP contribution in [0.4, 0.5) is 0 Å². The summed E-state index contributed by atoms with van der Waals surface area (Å²) in [5.74, 6) is 0.119. The monoisotopic (exact) mass is 241 g/mol. The lowest BCUT2D eigenvalue weighted by atomic mass is 9.96. The molecular formula is C14H27NO2. The van der Waals surface area contributed by atoms with Gasteiger partial charge in [-0.2, -0.15) is 0 Å². The SMILES string of the molecule is CCCC(NCCC1CCCCCC1)C(=O)O. The molecule has 1 aliphatic rings. The fourth-order valence-electron chi connectivity index (χ4n) is 2.72. The Bertz CT molecular complexity index is 210. The van der Waals surface area contributed by atoms with Crippen LogP contribution in [0.25, 0.3) is 0 Å². The number of hydrogen-bond donors (Lipinski definition) is 2. The van der Waals surface area contributed by atoms with Gasteiger partial charge in [0.1, 0.15) is 6.04 Å². The average molecular weight is 241 g/mol. The van der Waals surface area contributed by atoms with Crippen molar-refractivity contribution in [3.05, 3.63) is 0 Å². The predicted octanol–water partition coefficient (Wildman–Crippen LogP) is 3.19. The zero-order valence-corrected chi connectivity index (χ0v) is 11.1. The van der Waals surface area contributed by atoms with Gasteiger partial charge in [-0.25, -0.2) is 0 Å². The summed E-state index contributed by atoms with van der Waals surface area (Å²) in [6.07, 6.45) is 11.0. The number of aliphatic carboxylic acids is 1. The van der Waals surface area contributed by atoms with Gasteiger partial charge in [0.25, 0.3) is 0 Å². The van der Waals surface area contributed by atoms with Gasteiger partial charge in [-0.05, 0) is 25.3 Å². The van der Waals surface area contributed by atoms with Crippen molar-refractivity contribution in [1.82, 2.24) is 5.32 Å². The van der Waals surface area contributed by atoms with Gasteiger partial charge in [0.15, 0.2) is 0 Å². The first-order valence-corrected chi connectivity index (χ1v) is 7.20. The van der Waals surface area contributed by atoms with Crippen molar-refractivity contribution in [2.45, 2.75) is 70.8 Å². The van der Waals surface area contributed by atoms with Gasteiger partial charge < -0.3 is 10.4 Å². The van der Waals surface area contributed by atoms with Crippen LogP contribution in [0.5, 0.6) is 0 Å². The van der Waals surface area contributed by atoms with E-state index in [4.69, 9.17) is 5.11 Å². The summed E-state index contributed by atoms with van der Waals surface area (Å²) in [6, 6.07) is -0.342. The Hall–Kier alpha value is -0.570. The maximum atomic E-state index is 11.0. The minimum atomic E-state index is -0.701. The van der Waals surface area contributed by atoms with E-state index in [1.807, 2.05) is 6.92 Å². The van der Waals surface area contributed by atoms with E-state index in [9.17, 15) is 4.79 Å². The predicted molar refractivity (Wildman–Crippen MR) is 70.1 cm³/mol. The molecule has 1 rings (SSSR count). The first kappa shape index (κ1) is 14.5. The van der Waals surface area contributed by atoms with Crippen LogP contribution in [-0.2, 0) is 4.79 Å². The van der Waals surface area contributed by atoms with E-state index in [1.165, 1.54) is 38.5 Å². The maximum absolute atomic E-state index is 11.0. The number of carboxylic acids is 1. The Morgan fingerprint density at radius 2 is 1.94 bits per heavy atom. The smallest absolute Gasteiger partial charge is 0.320 e. The molecule has 0 aromatic rings. The van der Waals surface area contributed by atoms with Crippen molar-refractivity contribution in [1.29, 1.82) is 0 Å². The standard InChI is InChI=1S/C14H27NO2/c1-2-7-13(14(16)17)15-11-10-12-8-5-3-4-6-9-12/h12-13,15H,2-11H2,1H3,(H,16,17). The Morgan fingerprint density at radius 3 is 2.47 bits per heavy atom. The molecule has 0 heterocycles. The third-order valence-corrected chi connectivity index (χ3v) is 3.79. The molecule has 3 nitrogen and oxygen atoms in total. The summed E-state index contributed by atoms with van der Waals surface area (Å²) in [5.41, 5.74) is 0. The molecule has 100 valence electrons. The van der Waals surface area contributed by atoms with Crippen LogP contribution in [0.1, 0.15) is 64.7 Å². The van der Waals surface area contributed by atoms with E-state index in [1.54, 1.807) is 0 Å². The normalized spacial score (nSPS) is 19.8. The van der Waals surface area contributed by atoms with E-state index >= 15 is 0 Å². The zero-order valence-electron chi connectivity index (χ0n) is 11.1. The molecule has 0 bridgehead atoms. The van der Waals surface area contributed by atoms with Crippen LogP contribution in [0, 0.1) is 5.92 Å². The van der Waals surface area contributed by atoms with Crippen LogP contribution in [0.3, 0.4) is 0 Å². The molecule has 0 saturated heterocycles. The number of nitrogens with one attached hydrogen (secondary N) is 1. The summed E-state index contributed by atoms with van der Waals surface area (Å²) in [7, 11) is 0. The van der Waals surface area contributed by atoms with Crippen LogP contribution in [0.2, 0.25) is 0 Å². The number of hydrogen-bond acceptors (Lipinski definition) is 2. The largest absolute Gasteiger partial charge is 0.480 e. The molecule has 1 fully saturated rings. The Morgan fingerprint density at radius 1 is 1.29 bits per heavy atom. The number of carboxylic acid groups (broad SMARTS) is 1. The molecule has 2 N–H and O–H groups in total. The topological polar surface area (TPSA) is 49.3 Å². The van der Waals surface area contributed by atoms with Gasteiger partial charge in [-0.3, -0.25) is 4.79 Å². The molecule has 0 aromatic carbocycles. The summed E-state index contributed by atoms with van der Waals surface area (Å²) in [6.45, 7) is 2.89. The van der Waals surface area contributed by atoms with Crippen LogP contribution in [0.15, 0.2) is 0 Å². The van der Waals surface area contributed by atoms with Crippen LogP contribution < -0.4 is 5.32 Å². The van der Waals surface area contributed by atoms with Crippen LogP contribution >= 0.6 is 0 Å². The molecule has 3 heteroatoms. The summed E-state index contributed by atoms with van der Waals surface area (Å²) in [4.78, 5) is 11.0. The van der Waals surface area contributed by atoms with E-state index < -0.39 is 5.97 Å². The van der Waals surface area contributed by atoms with Gasteiger partial charge in [0, 0.05) is 0 Å². The third-order valence-electron chi connectivity index (χ3n) is 3.79. The van der Waals surface area contributed by atoms with E-state index in [0.717, 1.165) is 31.7 Å². The van der Waals surface area contributed by atoms with Crippen LogP contribution in [-0.4, -0.2) is 23.7 Å². The lowest BCUT2D eigenvalue weighted by molar-refractivity contribution is -0.139. The molecular weight excluding hydrogens is 214 g/mol. The summed E-state index contributed by atoms with van der Waals surface area (Å²) < 4.78 is 0. The molecule has 1 aliphatic carbocycles. The van der Waals surface area contributed by atoms with Crippen molar-refractivity contribution < 1.29 is 9.90 Å². The Labute approximate surface area is 105 Å². The van der Waals surface area contributed by atoms with E-state index in [0.29, 0.717) is 0 Å². The highest BCUT2D eigenvalue weighted by atomic mass is 16.4. The summed E-state index contributed by atoms with van der Waals surface area (Å²) >= 11 is 0. The lowest BCUT2D eigenvalue weighted by Gasteiger charge is -2.17. The highest BCUT2D eigenvalue weighted by Crippen LogP contribution is 2.24. The van der Waals surface area contributed by atoms with Gasteiger partial charge >= 0.3 is 5.97 Å². The second kappa shape index (κ2) is 8.51. The van der Waals surface area contributed by atoms with E-state index in [-0.39, 0.29) is 6.04 Å². The molecule has 1 saturated carbocycles. The molecule has 1 unspecified atom stereocenters. The minimum absolute atomic E-state index is 0.342. The number of rotatable bonds is 7. The quantitative estimate of drug-likeness (QED) is 0.673. The minimum Gasteiger partial charge on any atom is -0.480 e. The first-order valence-electron chi connectivity index (χ1n) is 7.20. The third kappa shape index (κ3) is 6.06. The lowest BCUT2D eigenvalue weighted by Crippen LogP contribution is -2.37. The fourth-order valence-corrected chi connectivity index (χ4v) is 2.72. The molecule has 0 spiro atoms. The van der Waals surface area contributed by atoms with Gasteiger partial charge in [-0.15, -0.1) is 0 Å². The summed E-state index contributed by atoms with van der Waals surface area (Å²) in [5, 5.41) is 12.2. The second-order valence-electron chi connectivity index (χ2n) is 5.28. The first-order chi connectivity index (χ1) is 8.24. The highest BCUT2D eigenvalue weighted by molar-refractivity contribution is 5.73. The maximum Gasteiger partial charge on any atom is 0.320 e.